The van der Waals surface area contributed by atoms with Crippen LogP contribution in [0.25, 0.3) is 0 Å². The average molecular weight is 352 g/mol. The third kappa shape index (κ3) is 3.78. The molecule has 0 amide bonds. The zero-order chi connectivity index (χ0) is 17.3. The Morgan fingerprint density at radius 3 is 2.62 bits per heavy atom. The minimum Gasteiger partial charge on any atom is -0.359 e. The fourth-order valence-electron chi connectivity index (χ4n) is 3.06. The van der Waals surface area contributed by atoms with Gasteiger partial charge in [0.25, 0.3) is 0 Å². The predicted molar refractivity (Wildman–Crippen MR) is 90.9 cm³/mol. The summed E-state index contributed by atoms with van der Waals surface area (Å²) in [5.41, 5.74) is 1.14. The maximum Gasteiger partial charge on any atom is 0.164 e. The first-order chi connectivity index (χ1) is 11.4. The minimum atomic E-state index is -1.23. The molecule has 1 aromatic rings. The summed E-state index contributed by atoms with van der Waals surface area (Å²) in [5, 5.41) is 0. The highest BCUT2D eigenvalue weighted by atomic mass is 32.2. The Kier molecular flexibility index (Phi) is 5.22. The van der Waals surface area contributed by atoms with E-state index in [1.165, 1.54) is 0 Å². The van der Waals surface area contributed by atoms with Gasteiger partial charge in [0.05, 0.1) is 16.9 Å². The summed E-state index contributed by atoms with van der Waals surface area (Å²) in [5.74, 6) is -0.679. The van der Waals surface area contributed by atoms with Crippen LogP contribution in [0.1, 0.15) is 25.8 Å². The van der Waals surface area contributed by atoms with Gasteiger partial charge in [0.15, 0.2) is 5.79 Å². The van der Waals surface area contributed by atoms with Gasteiger partial charge in [-0.25, -0.2) is 4.21 Å². The zero-order valence-electron chi connectivity index (χ0n) is 14.5. The molecule has 0 radical (unpaired) electrons. The lowest BCUT2D eigenvalue weighted by molar-refractivity contribution is -0.168. The number of ether oxygens (including phenoxy) is 4. The maximum absolute atomic E-state index is 12.9. The molecule has 1 saturated heterocycles. The molecule has 0 aromatic heterocycles. The standard InChI is InChI=1S/C18H24O5S/c1-12-5-7-13(8-6-12)24(19)14-9-15(21-11-20-4)17-16(10-14)22-18(2,3)23-17/h5-8,10,15-17H,9,11H2,1-4H3/t15-,16+,17-,24?/m1/s1. The molecule has 3 rings (SSSR count). The number of methoxy groups -OCH3 is 1. The molecule has 1 aromatic carbocycles. The van der Waals surface area contributed by atoms with Gasteiger partial charge in [0, 0.05) is 23.3 Å². The molecule has 0 bridgehead atoms. The van der Waals surface area contributed by atoms with Crippen LogP contribution in [0.15, 0.2) is 40.1 Å². The lowest BCUT2D eigenvalue weighted by Gasteiger charge is -2.30. The van der Waals surface area contributed by atoms with E-state index in [4.69, 9.17) is 18.9 Å². The van der Waals surface area contributed by atoms with E-state index >= 15 is 0 Å². The summed E-state index contributed by atoms with van der Waals surface area (Å²) in [7, 11) is 0.347. The molecule has 0 spiro atoms. The molecule has 6 heteroatoms. The van der Waals surface area contributed by atoms with E-state index in [9.17, 15) is 4.21 Å². The number of fused-ring (bicyclic) bond motifs is 1. The van der Waals surface area contributed by atoms with Crippen molar-refractivity contribution < 1.29 is 23.2 Å². The van der Waals surface area contributed by atoms with Gasteiger partial charge in [0.2, 0.25) is 0 Å². The van der Waals surface area contributed by atoms with Gasteiger partial charge in [0.1, 0.15) is 19.0 Å². The Labute approximate surface area is 145 Å². The highest BCUT2D eigenvalue weighted by Gasteiger charge is 2.47. The molecule has 5 nitrogen and oxygen atoms in total. The van der Waals surface area contributed by atoms with Gasteiger partial charge in [-0.15, -0.1) is 0 Å². The van der Waals surface area contributed by atoms with E-state index in [1.54, 1.807) is 7.11 Å². The molecule has 1 aliphatic carbocycles. The van der Waals surface area contributed by atoms with Crippen molar-refractivity contribution >= 4 is 10.8 Å². The minimum absolute atomic E-state index is 0.169. The van der Waals surface area contributed by atoms with Gasteiger partial charge >= 0.3 is 0 Å². The van der Waals surface area contributed by atoms with Crippen molar-refractivity contribution in [2.24, 2.45) is 0 Å². The normalized spacial score (nSPS) is 29.8. The van der Waals surface area contributed by atoms with Gasteiger partial charge in [-0.2, -0.15) is 0 Å². The van der Waals surface area contributed by atoms with Crippen LogP contribution in [0.2, 0.25) is 0 Å². The SMILES string of the molecule is COCO[C@@H]1CC(S(=O)c2ccc(C)cc2)=C[C@@H]2OC(C)(C)O[C@@H]21. The molecule has 2 aliphatic rings. The van der Waals surface area contributed by atoms with Crippen LogP contribution in [-0.2, 0) is 29.7 Å². The Morgan fingerprint density at radius 2 is 1.96 bits per heavy atom. The maximum atomic E-state index is 12.9. The quantitative estimate of drug-likeness (QED) is 0.763. The molecule has 0 saturated carbocycles. The van der Waals surface area contributed by atoms with E-state index in [0.29, 0.717) is 6.42 Å². The highest BCUT2D eigenvalue weighted by Crippen LogP contribution is 2.38. The van der Waals surface area contributed by atoms with Crippen molar-refractivity contribution in [1.82, 2.24) is 0 Å². The van der Waals surface area contributed by atoms with Crippen LogP contribution in [0.5, 0.6) is 0 Å². The van der Waals surface area contributed by atoms with Crippen LogP contribution in [0.4, 0.5) is 0 Å². The zero-order valence-corrected chi connectivity index (χ0v) is 15.3. The second-order valence-electron chi connectivity index (χ2n) is 6.60. The van der Waals surface area contributed by atoms with Gasteiger partial charge < -0.3 is 18.9 Å². The van der Waals surface area contributed by atoms with Crippen molar-refractivity contribution in [2.45, 2.75) is 56.2 Å². The number of hydrogen-bond acceptors (Lipinski definition) is 5. The van der Waals surface area contributed by atoms with Crippen LogP contribution < -0.4 is 0 Å². The van der Waals surface area contributed by atoms with E-state index in [1.807, 2.05) is 51.1 Å². The number of hydrogen-bond donors (Lipinski definition) is 0. The van der Waals surface area contributed by atoms with E-state index in [-0.39, 0.29) is 25.1 Å². The summed E-state index contributed by atoms with van der Waals surface area (Å²) in [6.07, 6.45) is 1.74. The molecule has 1 fully saturated rings. The highest BCUT2D eigenvalue weighted by molar-refractivity contribution is 7.89. The fourth-order valence-corrected chi connectivity index (χ4v) is 4.32. The smallest absolute Gasteiger partial charge is 0.164 e. The van der Waals surface area contributed by atoms with Crippen LogP contribution in [-0.4, -0.2) is 42.2 Å². The molecular formula is C18H24O5S. The molecule has 1 aliphatic heterocycles. The Hall–Kier alpha value is -1.05. The van der Waals surface area contributed by atoms with Crippen molar-refractivity contribution in [2.75, 3.05) is 13.9 Å². The summed E-state index contributed by atoms with van der Waals surface area (Å²) in [6.45, 7) is 5.94. The summed E-state index contributed by atoms with van der Waals surface area (Å²) >= 11 is 0. The van der Waals surface area contributed by atoms with Crippen molar-refractivity contribution in [3.8, 4) is 0 Å². The van der Waals surface area contributed by atoms with Crippen molar-refractivity contribution in [1.29, 1.82) is 0 Å². The first-order valence-corrected chi connectivity index (χ1v) is 9.20. The van der Waals surface area contributed by atoms with Crippen molar-refractivity contribution in [3.63, 3.8) is 0 Å². The molecule has 1 unspecified atom stereocenters. The molecule has 132 valence electrons. The molecular weight excluding hydrogens is 328 g/mol. The van der Waals surface area contributed by atoms with Gasteiger partial charge in [-0.05, 0) is 39.0 Å². The number of benzene rings is 1. The predicted octanol–water partition coefficient (Wildman–Crippen LogP) is 2.90. The summed E-state index contributed by atoms with van der Waals surface area (Å²) < 4.78 is 35.6. The van der Waals surface area contributed by atoms with Crippen LogP contribution >= 0.6 is 0 Å². The first-order valence-electron chi connectivity index (χ1n) is 8.05. The Balaban J connectivity index is 1.85. The third-order valence-corrected chi connectivity index (χ3v) is 5.64. The van der Waals surface area contributed by atoms with Crippen LogP contribution in [0, 0.1) is 6.92 Å². The Morgan fingerprint density at radius 1 is 1.25 bits per heavy atom. The van der Waals surface area contributed by atoms with Crippen molar-refractivity contribution in [3.05, 3.63) is 40.8 Å². The number of aryl methyl sites for hydroxylation is 1. The van der Waals surface area contributed by atoms with E-state index in [0.717, 1.165) is 15.4 Å². The molecule has 0 N–H and O–H groups in total. The molecule has 24 heavy (non-hydrogen) atoms. The lowest BCUT2D eigenvalue weighted by Crippen LogP contribution is -2.40. The van der Waals surface area contributed by atoms with Gasteiger partial charge in [-0.3, -0.25) is 0 Å². The summed E-state index contributed by atoms with van der Waals surface area (Å²) in [4.78, 5) is 1.59. The topological polar surface area (TPSA) is 54.0 Å². The monoisotopic (exact) mass is 352 g/mol. The summed E-state index contributed by atoms with van der Waals surface area (Å²) in [6, 6.07) is 7.74. The average Bonchev–Trinajstić information content (AvgIpc) is 2.86. The van der Waals surface area contributed by atoms with E-state index < -0.39 is 16.6 Å². The third-order valence-electron chi connectivity index (χ3n) is 4.16. The lowest BCUT2D eigenvalue weighted by atomic mass is 9.98. The molecule has 4 atom stereocenters. The largest absolute Gasteiger partial charge is 0.359 e. The van der Waals surface area contributed by atoms with Gasteiger partial charge in [-0.1, -0.05) is 17.7 Å². The first kappa shape index (κ1) is 17.8. The number of rotatable bonds is 5. The molecule has 1 heterocycles. The second kappa shape index (κ2) is 7.06. The second-order valence-corrected chi connectivity index (χ2v) is 8.13. The fraction of sp³-hybridized carbons (Fsp3) is 0.556. The van der Waals surface area contributed by atoms with E-state index in [2.05, 4.69) is 0 Å². The van der Waals surface area contributed by atoms with Crippen LogP contribution in [0.3, 0.4) is 0 Å². The Bertz CT molecular complexity index is 637.